The van der Waals surface area contributed by atoms with E-state index in [1.54, 1.807) is 6.07 Å². The van der Waals surface area contributed by atoms with Crippen LogP contribution in [0.3, 0.4) is 0 Å². The fraction of sp³-hybridized carbons (Fsp3) is 0.350. The largest absolute Gasteiger partial charge is 0.486 e. The van der Waals surface area contributed by atoms with Crippen molar-refractivity contribution >= 4 is 5.97 Å². The molecule has 0 fully saturated rings. The third-order valence-corrected chi connectivity index (χ3v) is 4.03. The third-order valence-electron chi connectivity index (χ3n) is 4.03. The minimum Gasteiger partial charge on any atom is -0.486 e. The summed E-state index contributed by atoms with van der Waals surface area (Å²) in [5.74, 6) is -1.43. The fourth-order valence-electron chi connectivity index (χ4n) is 2.57. The third kappa shape index (κ3) is 6.63. The first-order valence-electron chi connectivity index (χ1n) is 8.50. The molecule has 0 aromatic heterocycles. The molecule has 0 amide bonds. The van der Waals surface area contributed by atoms with Gasteiger partial charge < -0.3 is 24.6 Å². The van der Waals surface area contributed by atoms with Crippen LogP contribution in [0.4, 0.5) is 4.39 Å². The molecule has 0 saturated heterocycles. The van der Waals surface area contributed by atoms with Gasteiger partial charge in [-0.05, 0) is 23.3 Å². The van der Waals surface area contributed by atoms with E-state index in [4.69, 9.17) is 19.3 Å². The van der Waals surface area contributed by atoms with Gasteiger partial charge in [0.15, 0.2) is 17.9 Å². The second-order valence-electron chi connectivity index (χ2n) is 5.92. The van der Waals surface area contributed by atoms with E-state index >= 15 is 0 Å². The van der Waals surface area contributed by atoms with Crippen LogP contribution in [0.2, 0.25) is 0 Å². The topological polar surface area (TPSA) is 77.0 Å². The summed E-state index contributed by atoms with van der Waals surface area (Å²) in [6.07, 6.45) is -0.733. The summed E-state index contributed by atoms with van der Waals surface area (Å²) in [5.41, 5.74) is 1.43. The van der Waals surface area contributed by atoms with Gasteiger partial charge in [0.05, 0.1) is 6.42 Å². The quantitative estimate of drug-likeness (QED) is 0.586. The van der Waals surface area contributed by atoms with E-state index in [1.807, 2.05) is 30.3 Å². The number of ether oxygens (including phenoxy) is 3. The van der Waals surface area contributed by atoms with Crippen molar-refractivity contribution in [2.75, 3.05) is 20.8 Å². The van der Waals surface area contributed by atoms with E-state index in [1.165, 1.54) is 26.4 Å². The Bertz CT molecular complexity index is 722. The Morgan fingerprint density at radius 3 is 2.44 bits per heavy atom. The highest BCUT2D eigenvalue weighted by Gasteiger charge is 2.19. The molecule has 2 aromatic carbocycles. The second kappa shape index (κ2) is 10.6. The van der Waals surface area contributed by atoms with Gasteiger partial charge in [0.1, 0.15) is 6.61 Å². The molecule has 0 aliphatic heterocycles. The minimum absolute atomic E-state index is 0.114. The number of halogens is 1. The van der Waals surface area contributed by atoms with E-state index < -0.39 is 24.1 Å². The molecule has 6 nitrogen and oxygen atoms in total. The molecule has 0 bridgehead atoms. The lowest BCUT2D eigenvalue weighted by Gasteiger charge is -2.21. The van der Waals surface area contributed by atoms with Crippen LogP contribution in [0.15, 0.2) is 48.5 Å². The van der Waals surface area contributed by atoms with E-state index in [0.717, 1.165) is 5.56 Å². The molecule has 0 aliphatic rings. The van der Waals surface area contributed by atoms with Crippen LogP contribution in [0.1, 0.15) is 23.6 Å². The Hall–Kier alpha value is -2.48. The summed E-state index contributed by atoms with van der Waals surface area (Å²) in [4.78, 5) is 11.2. The summed E-state index contributed by atoms with van der Waals surface area (Å²) in [5, 5.41) is 12.2. The number of carboxylic acids is 1. The van der Waals surface area contributed by atoms with Gasteiger partial charge in [0, 0.05) is 26.8 Å². The van der Waals surface area contributed by atoms with Gasteiger partial charge >= 0.3 is 5.97 Å². The molecule has 27 heavy (non-hydrogen) atoms. The number of hydrogen-bond donors (Lipinski definition) is 2. The van der Waals surface area contributed by atoms with Crippen LogP contribution < -0.4 is 10.1 Å². The highest BCUT2D eigenvalue weighted by molar-refractivity contribution is 5.68. The van der Waals surface area contributed by atoms with Crippen molar-refractivity contribution in [1.29, 1.82) is 0 Å². The summed E-state index contributed by atoms with van der Waals surface area (Å²) in [7, 11) is 2.97. The standard InChI is InChI=1S/C20H24FNO5/c1-25-20(26-2)12-22-17(11-19(23)24)15-8-9-18(16(21)10-15)27-13-14-6-4-3-5-7-14/h3-10,17,20,22H,11-13H2,1-2H3,(H,23,24). The normalized spacial score (nSPS) is 12.1. The molecule has 0 spiro atoms. The number of nitrogens with one attached hydrogen (secondary N) is 1. The number of rotatable bonds is 11. The molecule has 0 heterocycles. The fourth-order valence-corrected chi connectivity index (χ4v) is 2.57. The molecular weight excluding hydrogens is 353 g/mol. The van der Waals surface area contributed by atoms with Crippen LogP contribution in [-0.4, -0.2) is 38.1 Å². The Labute approximate surface area is 157 Å². The Kier molecular flexibility index (Phi) is 8.19. The van der Waals surface area contributed by atoms with E-state index in [-0.39, 0.29) is 25.3 Å². The van der Waals surface area contributed by atoms with Gasteiger partial charge in [0.2, 0.25) is 0 Å². The average Bonchev–Trinajstić information content (AvgIpc) is 2.67. The maximum absolute atomic E-state index is 14.4. The van der Waals surface area contributed by atoms with Gasteiger partial charge in [-0.1, -0.05) is 36.4 Å². The zero-order chi connectivity index (χ0) is 19.6. The van der Waals surface area contributed by atoms with Crippen molar-refractivity contribution in [3.63, 3.8) is 0 Å². The number of aliphatic carboxylic acids is 1. The van der Waals surface area contributed by atoms with Gasteiger partial charge in [0.25, 0.3) is 0 Å². The van der Waals surface area contributed by atoms with Crippen molar-refractivity contribution in [2.45, 2.75) is 25.4 Å². The van der Waals surface area contributed by atoms with Gasteiger partial charge in [-0.2, -0.15) is 0 Å². The molecule has 0 saturated carbocycles. The highest BCUT2D eigenvalue weighted by atomic mass is 19.1. The molecule has 0 radical (unpaired) electrons. The number of hydrogen-bond acceptors (Lipinski definition) is 5. The van der Waals surface area contributed by atoms with Crippen LogP contribution in [-0.2, 0) is 20.9 Å². The number of benzene rings is 2. The van der Waals surface area contributed by atoms with Crippen LogP contribution >= 0.6 is 0 Å². The number of carbonyl (C=O) groups is 1. The minimum atomic E-state index is -0.997. The molecule has 1 unspecified atom stereocenters. The summed E-state index contributed by atoms with van der Waals surface area (Å²) >= 11 is 0. The van der Waals surface area contributed by atoms with E-state index in [2.05, 4.69) is 5.32 Å². The first-order valence-corrected chi connectivity index (χ1v) is 8.50. The molecule has 0 aliphatic carbocycles. The Morgan fingerprint density at radius 2 is 1.85 bits per heavy atom. The first kappa shape index (κ1) is 20.8. The maximum Gasteiger partial charge on any atom is 0.305 e. The van der Waals surface area contributed by atoms with Gasteiger partial charge in [-0.15, -0.1) is 0 Å². The Morgan fingerprint density at radius 1 is 1.15 bits per heavy atom. The first-order chi connectivity index (χ1) is 13.0. The monoisotopic (exact) mass is 377 g/mol. The predicted molar refractivity (Wildman–Crippen MR) is 98.0 cm³/mol. The average molecular weight is 377 g/mol. The maximum atomic E-state index is 14.4. The summed E-state index contributed by atoms with van der Waals surface area (Å²) < 4.78 is 30.1. The van der Waals surface area contributed by atoms with Gasteiger partial charge in [-0.3, -0.25) is 4.79 Å². The molecule has 146 valence electrons. The van der Waals surface area contributed by atoms with Gasteiger partial charge in [-0.25, -0.2) is 4.39 Å². The van der Waals surface area contributed by atoms with Crippen molar-refractivity contribution in [2.24, 2.45) is 0 Å². The smallest absolute Gasteiger partial charge is 0.305 e. The lowest BCUT2D eigenvalue weighted by Crippen LogP contribution is -2.33. The van der Waals surface area contributed by atoms with E-state index in [0.29, 0.717) is 5.56 Å². The van der Waals surface area contributed by atoms with E-state index in [9.17, 15) is 9.18 Å². The zero-order valence-corrected chi connectivity index (χ0v) is 15.4. The lowest BCUT2D eigenvalue weighted by atomic mass is 10.0. The lowest BCUT2D eigenvalue weighted by molar-refractivity contribution is -0.138. The SMILES string of the molecule is COC(CNC(CC(=O)O)c1ccc(OCc2ccccc2)c(F)c1)OC. The van der Waals surface area contributed by atoms with Crippen molar-refractivity contribution in [3.8, 4) is 5.75 Å². The Balaban J connectivity index is 2.07. The summed E-state index contributed by atoms with van der Waals surface area (Å²) in [6, 6.07) is 13.3. The molecule has 2 N–H and O–H groups in total. The predicted octanol–water partition coefficient (Wildman–Crippen LogP) is 3.13. The molecule has 1 atom stereocenters. The number of carboxylic acid groups (broad SMARTS) is 1. The molecular formula is C20H24FNO5. The van der Waals surface area contributed by atoms with Crippen LogP contribution in [0.25, 0.3) is 0 Å². The zero-order valence-electron chi connectivity index (χ0n) is 15.4. The summed E-state index contributed by atoms with van der Waals surface area (Å²) in [6.45, 7) is 0.510. The highest BCUT2D eigenvalue weighted by Crippen LogP contribution is 2.25. The van der Waals surface area contributed by atoms with Crippen molar-refractivity contribution in [1.82, 2.24) is 5.32 Å². The van der Waals surface area contributed by atoms with Crippen molar-refractivity contribution in [3.05, 3.63) is 65.5 Å². The van der Waals surface area contributed by atoms with Crippen LogP contribution in [0.5, 0.6) is 5.75 Å². The molecule has 2 aromatic rings. The molecule has 2 rings (SSSR count). The molecule has 7 heteroatoms. The second-order valence-corrected chi connectivity index (χ2v) is 5.92. The number of methoxy groups -OCH3 is 2. The van der Waals surface area contributed by atoms with Crippen molar-refractivity contribution < 1.29 is 28.5 Å². The van der Waals surface area contributed by atoms with Crippen LogP contribution in [0, 0.1) is 5.82 Å².